The molecule has 2 aliphatic heterocycles. The smallest absolute Gasteiger partial charge is 0.0223 e. The molecule has 0 aliphatic carbocycles. The first-order chi connectivity index (χ1) is 8.70. The van der Waals surface area contributed by atoms with E-state index in [1.165, 1.54) is 58.3 Å². The summed E-state index contributed by atoms with van der Waals surface area (Å²) in [7, 11) is 0. The van der Waals surface area contributed by atoms with Gasteiger partial charge in [-0.15, -0.1) is 0 Å². The van der Waals surface area contributed by atoms with Crippen molar-refractivity contribution in [3.63, 3.8) is 0 Å². The number of rotatable bonds is 5. The highest BCUT2D eigenvalue weighted by molar-refractivity contribution is 9.09. The summed E-state index contributed by atoms with van der Waals surface area (Å²) in [4.78, 5) is 5.49. The van der Waals surface area contributed by atoms with Crippen molar-refractivity contribution in [2.75, 3.05) is 31.5 Å². The fourth-order valence-corrected chi connectivity index (χ4v) is 4.22. The zero-order valence-electron chi connectivity index (χ0n) is 12.1. The molecule has 2 nitrogen and oxygen atoms in total. The number of alkyl halides is 1. The topological polar surface area (TPSA) is 6.48 Å². The van der Waals surface area contributed by atoms with E-state index < -0.39 is 0 Å². The van der Waals surface area contributed by atoms with Crippen molar-refractivity contribution < 1.29 is 0 Å². The van der Waals surface area contributed by atoms with Crippen LogP contribution in [0.2, 0.25) is 0 Å². The minimum Gasteiger partial charge on any atom is -0.298 e. The zero-order chi connectivity index (χ0) is 13.0. The molecule has 0 radical (unpaired) electrons. The normalized spacial score (nSPS) is 32.2. The number of nitrogens with zero attached hydrogens (tertiary/aromatic N) is 2. The Bertz CT molecular complexity index is 247. The van der Waals surface area contributed by atoms with Crippen LogP contribution < -0.4 is 0 Å². The Balaban J connectivity index is 1.78. The Labute approximate surface area is 121 Å². The number of hydrogen-bond acceptors (Lipinski definition) is 2. The van der Waals surface area contributed by atoms with Crippen molar-refractivity contribution in [1.82, 2.24) is 9.80 Å². The van der Waals surface area contributed by atoms with E-state index in [1.54, 1.807) is 0 Å². The van der Waals surface area contributed by atoms with Crippen LogP contribution in [-0.2, 0) is 0 Å². The van der Waals surface area contributed by atoms with E-state index >= 15 is 0 Å². The van der Waals surface area contributed by atoms with Gasteiger partial charge < -0.3 is 0 Å². The van der Waals surface area contributed by atoms with Gasteiger partial charge in [0, 0.05) is 30.5 Å². The van der Waals surface area contributed by atoms with Crippen LogP contribution in [-0.4, -0.2) is 53.4 Å². The van der Waals surface area contributed by atoms with E-state index in [-0.39, 0.29) is 0 Å². The second-order valence-electron chi connectivity index (χ2n) is 6.36. The van der Waals surface area contributed by atoms with E-state index in [9.17, 15) is 0 Å². The predicted molar refractivity (Wildman–Crippen MR) is 82.4 cm³/mol. The van der Waals surface area contributed by atoms with Gasteiger partial charge >= 0.3 is 0 Å². The Morgan fingerprint density at radius 3 is 2.83 bits per heavy atom. The quantitative estimate of drug-likeness (QED) is 0.718. The van der Waals surface area contributed by atoms with Gasteiger partial charge in [0.2, 0.25) is 0 Å². The molecule has 0 amide bonds. The molecular formula is C15H29BrN2. The molecule has 0 bridgehead atoms. The molecule has 0 saturated carbocycles. The molecule has 3 heteroatoms. The van der Waals surface area contributed by atoms with Crippen molar-refractivity contribution in [1.29, 1.82) is 0 Å². The molecule has 0 aromatic rings. The average Bonchev–Trinajstić information content (AvgIpc) is 2.36. The standard InChI is InChI=1S/C15H29BrN2/c1-13(6-8-16)7-10-17-12-15-5-3-4-9-18(15)11-14(17)2/h13-15H,3-12H2,1-2H3. The van der Waals surface area contributed by atoms with Gasteiger partial charge in [0.05, 0.1) is 0 Å². The van der Waals surface area contributed by atoms with Gasteiger partial charge in [-0.3, -0.25) is 9.80 Å². The predicted octanol–water partition coefficient (Wildman–Crippen LogP) is 3.36. The van der Waals surface area contributed by atoms with Gasteiger partial charge in [-0.05, 0) is 51.6 Å². The van der Waals surface area contributed by atoms with Gasteiger partial charge in [0.1, 0.15) is 0 Å². The fourth-order valence-electron chi connectivity index (χ4n) is 3.44. The average molecular weight is 317 g/mol. The second-order valence-corrected chi connectivity index (χ2v) is 7.15. The number of piperazine rings is 1. The lowest BCUT2D eigenvalue weighted by Crippen LogP contribution is -2.58. The van der Waals surface area contributed by atoms with Crippen molar-refractivity contribution in [3.05, 3.63) is 0 Å². The molecular weight excluding hydrogens is 288 g/mol. The van der Waals surface area contributed by atoms with Gasteiger partial charge in [-0.2, -0.15) is 0 Å². The van der Waals surface area contributed by atoms with Gasteiger partial charge in [-0.25, -0.2) is 0 Å². The zero-order valence-corrected chi connectivity index (χ0v) is 13.7. The molecule has 18 heavy (non-hydrogen) atoms. The fraction of sp³-hybridized carbons (Fsp3) is 1.00. The van der Waals surface area contributed by atoms with Crippen molar-refractivity contribution in [2.24, 2.45) is 5.92 Å². The molecule has 0 aromatic heterocycles. The first kappa shape index (κ1) is 14.8. The molecule has 2 heterocycles. The van der Waals surface area contributed by atoms with Gasteiger partial charge in [0.15, 0.2) is 0 Å². The summed E-state index contributed by atoms with van der Waals surface area (Å²) in [6, 6.07) is 1.62. The summed E-state index contributed by atoms with van der Waals surface area (Å²) in [6.45, 7) is 10.1. The Hall–Kier alpha value is 0.400. The number of hydrogen-bond donors (Lipinski definition) is 0. The minimum atomic E-state index is 0.760. The Kier molecular flexibility index (Phi) is 5.96. The van der Waals surface area contributed by atoms with Crippen LogP contribution in [0.3, 0.4) is 0 Å². The highest BCUT2D eigenvalue weighted by Gasteiger charge is 2.32. The lowest BCUT2D eigenvalue weighted by Gasteiger charge is -2.47. The second kappa shape index (κ2) is 7.25. The van der Waals surface area contributed by atoms with Crippen molar-refractivity contribution in [3.8, 4) is 0 Å². The lowest BCUT2D eigenvalue weighted by molar-refractivity contribution is 0.0131. The molecule has 0 N–H and O–H groups in total. The van der Waals surface area contributed by atoms with E-state index in [4.69, 9.17) is 0 Å². The first-order valence-electron chi connectivity index (χ1n) is 7.74. The summed E-state index contributed by atoms with van der Waals surface area (Å²) < 4.78 is 0. The van der Waals surface area contributed by atoms with Crippen LogP contribution in [0.25, 0.3) is 0 Å². The minimum absolute atomic E-state index is 0.760. The Morgan fingerprint density at radius 1 is 1.22 bits per heavy atom. The molecule has 0 spiro atoms. The van der Waals surface area contributed by atoms with Gasteiger partial charge in [-0.1, -0.05) is 29.3 Å². The van der Waals surface area contributed by atoms with E-state index in [2.05, 4.69) is 39.6 Å². The molecule has 106 valence electrons. The van der Waals surface area contributed by atoms with Crippen LogP contribution in [0.5, 0.6) is 0 Å². The van der Waals surface area contributed by atoms with E-state index in [1.807, 2.05) is 0 Å². The molecule has 2 rings (SSSR count). The van der Waals surface area contributed by atoms with Crippen LogP contribution in [0.1, 0.15) is 46.0 Å². The Morgan fingerprint density at radius 2 is 2.06 bits per heavy atom. The molecule has 2 aliphatic rings. The molecule has 2 fully saturated rings. The monoisotopic (exact) mass is 316 g/mol. The third kappa shape index (κ3) is 3.94. The summed E-state index contributed by atoms with van der Waals surface area (Å²) in [5.74, 6) is 0.862. The van der Waals surface area contributed by atoms with Crippen molar-refractivity contribution in [2.45, 2.75) is 58.0 Å². The summed E-state index contributed by atoms with van der Waals surface area (Å²) in [5.41, 5.74) is 0. The summed E-state index contributed by atoms with van der Waals surface area (Å²) >= 11 is 3.55. The third-order valence-electron chi connectivity index (χ3n) is 4.83. The number of piperidine rings is 1. The highest BCUT2D eigenvalue weighted by Crippen LogP contribution is 2.24. The molecule has 2 saturated heterocycles. The maximum absolute atomic E-state index is 3.55. The van der Waals surface area contributed by atoms with Crippen LogP contribution >= 0.6 is 15.9 Å². The first-order valence-corrected chi connectivity index (χ1v) is 8.87. The van der Waals surface area contributed by atoms with Gasteiger partial charge in [0.25, 0.3) is 0 Å². The molecule has 3 atom stereocenters. The van der Waals surface area contributed by atoms with Crippen LogP contribution in [0.4, 0.5) is 0 Å². The number of halogens is 1. The maximum atomic E-state index is 3.55. The third-order valence-corrected chi connectivity index (χ3v) is 5.29. The SMILES string of the molecule is CC(CCBr)CCN1CC2CCCCN2CC1C. The summed E-state index contributed by atoms with van der Waals surface area (Å²) in [5, 5.41) is 1.15. The van der Waals surface area contributed by atoms with E-state index in [0.29, 0.717) is 0 Å². The largest absolute Gasteiger partial charge is 0.298 e. The van der Waals surface area contributed by atoms with Crippen molar-refractivity contribution >= 4 is 15.9 Å². The maximum Gasteiger partial charge on any atom is 0.0223 e. The molecule has 3 unspecified atom stereocenters. The van der Waals surface area contributed by atoms with Crippen LogP contribution in [0.15, 0.2) is 0 Å². The molecule has 0 aromatic carbocycles. The number of fused-ring (bicyclic) bond motifs is 1. The van der Waals surface area contributed by atoms with Crippen LogP contribution in [0, 0.1) is 5.92 Å². The lowest BCUT2D eigenvalue weighted by atomic mass is 9.96. The van der Waals surface area contributed by atoms with E-state index in [0.717, 1.165) is 23.3 Å². The highest BCUT2D eigenvalue weighted by atomic mass is 79.9. The summed E-state index contributed by atoms with van der Waals surface area (Å²) in [6.07, 6.45) is 6.98.